The van der Waals surface area contributed by atoms with E-state index in [-0.39, 0.29) is 11.6 Å². The molecule has 0 bridgehead atoms. The Hall–Kier alpha value is -2.10. The second-order valence-electron chi connectivity index (χ2n) is 4.49. The fraction of sp³-hybridized carbons (Fsp3) is 0.267. The molecule has 0 aromatic heterocycles. The van der Waals surface area contributed by atoms with E-state index in [1.54, 1.807) is 18.3 Å². The molecule has 1 heterocycles. The van der Waals surface area contributed by atoms with Crippen molar-refractivity contribution in [1.82, 2.24) is 5.32 Å². The number of ketones is 1. The predicted octanol–water partition coefficient (Wildman–Crippen LogP) is 2.90. The maximum atomic E-state index is 13.8. The van der Waals surface area contributed by atoms with E-state index in [2.05, 4.69) is 10.6 Å². The zero-order valence-electron chi connectivity index (χ0n) is 11.1. The minimum absolute atomic E-state index is 0.0489. The summed E-state index contributed by atoms with van der Waals surface area (Å²) < 4.78 is 13.8. The van der Waals surface area contributed by atoms with Gasteiger partial charge in [0.05, 0.1) is 12.2 Å². The Morgan fingerprint density at radius 2 is 2.26 bits per heavy atom. The molecule has 2 N–H and O–H groups in total. The monoisotopic (exact) mass is 260 g/mol. The van der Waals surface area contributed by atoms with E-state index in [0.29, 0.717) is 29.9 Å². The van der Waals surface area contributed by atoms with Crippen LogP contribution in [0.15, 0.2) is 41.7 Å². The SMILES string of the molecule is CCC(=O)C1=C(Nc2ccc(C)cc2F)CNC=C1. The molecule has 1 aromatic rings. The predicted molar refractivity (Wildman–Crippen MR) is 74.2 cm³/mol. The molecule has 1 aliphatic heterocycles. The second-order valence-corrected chi connectivity index (χ2v) is 4.49. The van der Waals surface area contributed by atoms with Crippen molar-refractivity contribution in [2.45, 2.75) is 20.3 Å². The minimum atomic E-state index is -0.314. The molecule has 0 aliphatic carbocycles. The molecule has 1 aromatic carbocycles. The molecule has 3 nitrogen and oxygen atoms in total. The van der Waals surface area contributed by atoms with Crippen LogP contribution in [-0.4, -0.2) is 12.3 Å². The lowest BCUT2D eigenvalue weighted by atomic mass is 10.0. The smallest absolute Gasteiger partial charge is 0.164 e. The highest BCUT2D eigenvalue weighted by molar-refractivity contribution is 5.99. The second kappa shape index (κ2) is 5.69. The number of anilines is 1. The molecule has 19 heavy (non-hydrogen) atoms. The number of halogens is 1. The highest BCUT2D eigenvalue weighted by atomic mass is 19.1. The van der Waals surface area contributed by atoms with Crippen LogP contribution in [-0.2, 0) is 4.79 Å². The molecule has 0 atom stereocenters. The number of hydrogen-bond donors (Lipinski definition) is 2. The molecule has 0 amide bonds. The van der Waals surface area contributed by atoms with Crippen molar-refractivity contribution in [3.63, 3.8) is 0 Å². The number of carbonyl (C=O) groups excluding carboxylic acids is 1. The number of rotatable bonds is 4. The molecular formula is C15H17FN2O. The Balaban J connectivity index is 2.31. The van der Waals surface area contributed by atoms with Gasteiger partial charge in [0.2, 0.25) is 0 Å². The molecule has 0 spiro atoms. The third kappa shape index (κ3) is 3.02. The summed E-state index contributed by atoms with van der Waals surface area (Å²) in [5.74, 6) is -0.266. The minimum Gasteiger partial charge on any atom is -0.385 e. The fourth-order valence-corrected chi connectivity index (χ4v) is 1.95. The summed E-state index contributed by atoms with van der Waals surface area (Å²) in [4.78, 5) is 11.8. The first-order chi connectivity index (χ1) is 9.11. The van der Waals surface area contributed by atoms with Gasteiger partial charge in [-0.3, -0.25) is 4.79 Å². The van der Waals surface area contributed by atoms with Crippen LogP contribution in [0.25, 0.3) is 0 Å². The highest BCUT2D eigenvalue weighted by Crippen LogP contribution is 2.20. The largest absolute Gasteiger partial charge is 0.385 e. The van der Waals surface area contributed by atoms with Crippen LogP contribution in [0, 0.1) is 12.7 Å². The number of nitrogens with one attached hydrogen (secondary N) is 2. The summed E-state index contributed by atoms with van der Waals surface area (Å²) in [5, 5.41) is 6.03. The summed E-state index contributed by atoms with van der Waals surface area (Å²) in [6.45, 7) is 4.14. The quantitative estimate of drug-likeness (QED) is 0.874. The molecule has 0 radical (unpaired) electrons. The average molecular weight is 260 g/mol. The van der Waals surface area contributed by atoms with Gasteiger partial charge in [0.25, 0.3) is 0 Å². The number of Topliss-reactive ketones (excluding diaryl/α,β-unsaturated/α-hetero) is 1. The third-order valence-corrected chi connectivity index (χ3v) is 3.00. The number of dihydropyridines is 1. The maximum Gasteiger partial charge on any atom is 0.164 e. The number of allylic oxidation sites excluding steroid dienone is 2. The van der Waals surface area contributed by atoms with Gasteiger partial charge >= 0.3 is 0 Å². The first-order valence-corrected chi connectivity index (χ1v) is 6.31. The summed E-state index contributed by atoms with van der Waals surface area (Å²) >= 11 is 0. The Kier molecular flexibility index (Phi) is 4.00. The first kappa shape index (κ1) is 13.3. The maximum absolute atomic E-state index is 13.8. The molecule has 0 saturated carbocycles. The Bertz CT molecular complexity index is 561. The van der Waals surface area contributed by atoms with E-state index in [4.69, 9.17) is 0 Å². The Morgan fingerprint density at radius 1 is 1.47 bits per heavy atom. The standard InChI is InChI=1S/C15H17FN2O/c1-3-15(19)11-6-7-17-9-14(11)18-13-5-4-10(2)8-12(13)16/h4-8,17-18H,3,9H2,1-2H3. The van der Waals surface area contributed by atoms with Crippen molar-refractivity contribution in [2.75, 3.05) is 11.9 Å². The van der Waals surface area contributed by atoms with Gasteiger partial charge in [0.15, 0.2) is 5.78 Å². The van der Waals surface area contributed by atoms with E-state index >= 15 is 0 Å². The number of benzene rings is 1. The van der Waals surface area contributed by atoms with Crippen LogP contribution in [0.2, 0.25) is 0 Å². The number of carbonyl (C=O) groups is 1. The van der Waals surface area contributed by atoms with Crippen molar-refractivity contribution >= 4 is 11.5 Å². The van der Waals surface area contributed by atoms with Gasteiger partial charge in [-0.05, 0) is 36.9 Å². The van der Waals surface area contributed by atoms with Gasteiger partial charge in [-0.25, -0.2) is 4.39 Å². The lowest BCUT2D eigenvalue weighted by molar-refractivity contribution is -0.115. The average Bonchev–Trinajstić information content (AvgIpc) is 2.41. The van der Waals surface area contributed by atoms with E-state index in [9.17, 15) is 9.18 Å². The Morgan fingerprint density at radius 3 is 2.95 bits per heavy atom. The Labute approximate surface area is 112 Å². The molecule has 0 fully saturated rings. The topological polar surface area (TPSA) is 41.1 Å². The van der Waals surface area contributed by atoms with Crippen LogP contribution >= 0.6 is 0 Å². The van der Waals surface area contributed by atoms with Crippen LogP contribution in [0.1, 0.15) is 18.9 Å². The van der Waals surface area contributed by atoms with Gasteiger partial charge in [-0.1, -0.05) is 13.0 Å². The van der Waals surface area contributed by atoms with Crippen molar-refractivity contribution in [2.24, 2.45) is 0 Å². The summed E-state index contributed by atoms with van der Waals surface area (Å²) in [5.41, 5.74) is 2.57. The molecule has 4 heteroatoms. The van der Waals surface area contributed by atoms with Crippen molar-refractivity contribution in [1.29, 1.82) is 0 Å². The number of aryl methyl sites for hydroxylation is 1. The van der Waals surface area contributed by atoms with E-state index < -0.39 is 0 Å². The van der Waals surface area contributed by atoms with Crippen molar-refractivity contribution in [3.05, 3.63) is 53.1 Å². The van der Waals surface area contributed by atoms with Gasteiger partial charge in [0, 0.05) is 17.7 Å². The van der Waals surface area contributed by atoms with Gasteiger partial charge in [-0.15, -0.1) is 0 Å². The molecular weight excluding hydrogens is 243 g/mol. The van der Waals surface area contributed by atoms with Gasteiger partial charge < -0.3 is 10.6 Å². The zero-order valence-corrected chi connectivity index (χ0v) is 11.1. The van der Waals surface area contributed by atoms with E-state index in [1.807, 2.05) is 19.9 Å². The lowest BCUT2D eigenvalue weighted by Crippen LogP contribution is -2.23. The molecule has 0 unspecified atom stereocenters. The lowest BCUT2D eigenvalue weighted by Gasteiger charge is -2.18. The van der Waals surface area contributed by atoms with Crippen LogP contribution in [0.3, 0.4) is 0 Å². The number of hydrogen-bond acceptors (Lipinski definition) is 3. The van der Waals surface area contributed by atoms with Crippen LogP contribution in [0.5, 0.6) is 0 Å². The highest BCUT2D eigenvalue weighted by Gasteiger charge is 2.15. The molecule has 1 aliphatic rings. The fourth-order valence-electron chi connectivity index (χ4n) is 1.95. The van der Waals surface area contributed by atoms with Gasteiger partial charge in [-0.2, -0.15) is 0 Å². The normalized spacial score (nSPS) is 14.3. The van der Waals surface area contributed by atoms with Crippen LogP contribution in [0.4, 0.5) is 10.1 Å². The van der Waals surface area contributed by atoms with E-state index in [0.717, 1.165) is 5.56 Å². The summed E-state index contributed by atoms with van der Waals surface area (Å²) in [6.07, 6.45) is 3.89. The van der Waals surface area contributed by atoms with Crippen molar-refractivity contribution in [3.8, 4) is 0 Å². The molecule has 2 rings (SSSR count). The summed E-state index contributed by atoms with van der Waals surface area (Å²) in [7, 11) is 0. The summed E-state index contributed by atoms with van der Waals surface area (Å²) in [6, 6.07) is 4.99. The molecule has 0 saturated heterocycles. The van der Waals surface area contributed by atoms with Gasteiger partial charge in [0.1, 0.15) is 5.82 Å². The molecule has 100 valence electrons. The third-order valence-electron chi connectivity index (χ3n) is 3.00. The van der Waals surface area contributed by atoms with Crippen LogP contribution < -0.4 is 10.6 Å². The first-order valence-electron chi connectivity index (χ1n) is 6.31. The zero-order chi connectivity index (χ0) is 13.8. The van der Waals surface area contributed by atoms with Crippen molar-refractivity contribution < 1.29 is 9.18 Å². The van der Waals surface area contributed by atoms with E-state index in [1.165, 1.54) is 6.07 Å².